The highest BCUT2D eigenvalue weighted by Gasteiger charge is 1.84. The second-order valence-electron chi connectivity index (χ2n) is 2.15. The molecule has 1 N–H and O–H groups in total. The molecule has 0 atom stereocenters. The number of rotatable bonds is 4. The molecular weight excluding hydrogens is 100 g/mol. The largest absolute Gasteiger partial charge is 0.664 e. The van der Waals surface area contributed by atoms with Gasteiger partial charge in [0.1, 0.15) is 0 Å². The standard InChI is InChI=1S/C6H15N2/c1-6(2)8-5-4-7-3/h6,8H,4-5H2,1-3H3/q-1. The Morgan fingerprint density at radius 2 is 2.12 bits per heavy atom. The van der Waals surface area contributed by atoms with Crippen molar-refractivity contribution >= 4 is 0 Å². The van der Waals surface area contributed by atoms with Crippen LogP contribution in [0.3, 0.4) is 0 Å². The SMILES string of the molecule is C[N-]CCNC(C)C. The van der Waals surface area contributed by atoms with Crippen molar-refractivity contribution in [3.05, 3.63) is 5.32 Å². The van der Waals surface area contributed by atoms with Crippen LogP contribution in [0.15, 0.2) is 0 Å². The van der Waals surface area contributed by atoms with E-state index in [4.69, 9.17) is 0 Å². The summed E-state index contributed by atoms with van der Waals surface area (Å²) in [6.45, 7) is 6.21. The van der Waals surface area contributed by atoms with Crippen molar-refractivity contribution in [2.24, 2.45) is 0 Å². The molecule has 0 aromatic heterocycles. The van der Waals surface area contributed by atoms with Gasteiger partial charge in [0.2, 0.25) is 0 Å². The molecule has 0 aliphatic carbocycles. The summed E-state index contributed by atoms with van der Waals surface area (Å²) in [4.78, 5) is 0. The molecule has 0 spiro atoms. The normalized spacial score (nSPS) is 10.5. The Bertz CT molecular complexity index is 43.8. The minimum absolute atomic E-state index is 0.594. The molecule has 0 radical (unpaired) electrons. The summed E-state index contributed by atoms with van der Waals surface area (Å²) in [6.07, 6.45) is 0. The van der Waals surface area contributed by atoms with Gasteiger partial charge in [-0.25, -0.2) is 0 Å². The number of hydrogen-bond acceptors (Lipinski definition) is 1. The molecule has 0 heterocycles. The Morgan fingerprint density at radius 3 is 2.50 bits per heavy atom. The Hall–Kier alpha value is -0.0800. The Kier molecular flexibility index (Phi) is 5.01. The van der Waals surface area contributed by atoms with Gasteiger partial charge in [-0.15, -0.1) is 6.54 Å². The lowest BCUT2D eigenvalue weighted by Crippen LogP contribution is -2.25. The van der Waals surface area contributed by atoms with Crippen molar-refractivity contribution in [1.82, 2.24) is 5.32 Å². The van der Waals surface area contributed by atoms with Gasteiger partial charge in [-0.3, -0.25) is 0 Å². The summed E-state index contributed by atoms with van der Waals surface area (Å²) in [5, 5.41) is 7.20. The fourth-order valence-corrected chi connectivity index (χ4v) is 0.465. The second-order valence-corrected chi connectivity index (χ2v) is 2.15. The van der Waals surface area contributed by atoms with Crippen LogP contribution in [-0.4, -0.2) is 26.2 Å². The van der Waals surface area contributed by atoms with Crippen molar-refractivity contribution in [1.29, 1.82) is 0 Å². The minimum Gasteiger partial charge on any atom is -0.664 e. The molecule has 0 rings (SSSR count). The fraction of sp³-hybridized carbons (Fsp3) is 1.00. The maximum atomic E-state index is 3.95. The first-order valence-electron chi connectivity index (χ1n) is 3.06. The molecule has 0 bridgehead atoms. The van der Waals surface area contributed by atoms with Crippen molar-refractivity contribution in [3.63, 3.8) is 0 Å². The highest BCUT2D eigenvalue weighted by molar-refractivity contribution is 4.71. The van der Waals surface area contributed by atoms with E-state index in [0.717, 1.165) is 13.1 Å². The van der Waals surface area contributed by atoms with E-state index in [9.17, 15) is 0 Å². The molecule has 0 saturated carbocycles. The molecule has 0 unspecified atom stereocenters. The van der Waals surface area contributed by atoms with E-state index in [1.165, 1.54) is 0 Å². The smallest absolute Gasteiger partial charge is 0.000962 e. The highest BCUT2D eigenvalue weighted by atomic mass is 14.9. The Balaban J connectivity index is 2.72. The third kappa shape index (κ3) is 5.92. The minimum atomic E-state index is 0.594. The Morgan fingerprint density at radius 1 is 1.50 bits per heavy atom. The van der Waals surface area contributed by atoms with E-state index >= 15 is 0 Å². The van der Waals surface area contributed by atoms with Crippen LogP contribution in [0.2, 0.25) is 0 Å². The molecule has 0 amide bonds. The predicted molar refractivity (Wildman–Crippen MR) is 37.3 cm³/mol. The zero-order chi connectivity index (χ0) is 6.41. The van der Waals surface area contributed by atoms with E-state index in [-0.39, 0.29) is 0 Å². The van der Waals surface area contributed by atoms with Gasteiger partial charge >= 0.3 is 0 Å². The van der Waals surface area contributed by atoms with E-state index < -0.39 is 0 Å². The van der Waals surface area contributed by atoms with Gasteiger partial charge in [-0.2, -0.15) is 7.05 Å². The average molecular weight is 115 g/mol. The molecule has 0 aliphatic heterocycles. The van der Waals surface area contributed by atoms with Crippen LogP contribution in [0.5, 0.6) is 0 Å². The van der Waals surface area contributed by atoms with Gasteiger partial charge in [-0.1, -0.05) is 13.8 Å². The molecule has 50 valence electrons. The van der Waals surface area contributed by atoms with Gasteiger partial charge in [0, 0.05) is 6.04 Å². The van der Waals surface area contributed by atoms with Crippen molar-refractivity contribution in [2.75, 3.05) is 20.1 Å². The van der Waals surface area contributed by atoms with Crippen LogP contribution < -0.4 is 5.32 Å². The van der Waals surface area contributed by atoms with E-state index in [2.05, 4.69) is 24.5 Å². The van der Waals surface area contributed by atoms with Crippen LogP contribution in [-0.2, 0) is 0 Å². The third-order valence-electron chi connectivity index (χ3n) is 0.888. The van der Waals surface area contributed by atoms with Crippen LogP contribution in [0.4, 0.5) is 0 Å². The quantitative estimate of drug-likeness (QED) is 0.543. The molecule has 2 heteroatoms. The molecule has 0 aromatic rings. The summed E-state index contributed by atoms with van der Waals surface area (Å²) in [5.74, 6) is 0. The first kappa shape index (κ1) is 7.92. The molecule has 8 heavy (non-hydrogen) atoms. The summed E-state index contributed by atoms with van der Waals surface area (Å²) in [5.41, 5.74) is 0. The molecular formula is C6H15N2-. The number of nitrogens with zero attached hydrogens (tertiary/aromatic N) is 1. The maximum Gasteiger partial charge on any atom is 0.000962 e. The van der Waals surface area contributed by atoms with E-state index in [1.54, 1.807) is 0 Å². The van der Waals surface area contributed by atoms with Crippen molar-refractivity contribution in [2.45, 2.75) is 19.9 Å². The van der Waals surface area contributed by atoms with Crippen LogP contribution >= 0.6 is 0 Å². The lowest BCUT2D eigenvalue weighted by Gasteiger charge is -2.13. The first-order chi connectivity index (χ1) is 3.77. The van der Waals surface area contributed by atoms with Crippen LogP contribution in [0, 0.1) is 0 Å². The van der Waals surface area contributed by atoms with E-state index in [0.29, 0.717) is 6.04 Å². The number of nitrogens with one attached hydrogen (secondary N) is 1. The molecule has 0 aromatic carbocycles. The van der Waals surface area contributed by atoms with Gasteiger partial charge in [0.05, 0.1) is 0 Å². The second kappa shape index (κ2) is 5.06. The van der Waals surface area contributed by atoms with Gasteiger partial charge in [0.25, 0.3) is 0 Å². The monoisotopic (exact) mass is 115 g/mol. The Labute approximate surface area is 51.7 Å². The first-order valence-corrected chi connectivity index (χ1v) is 3.06. The van der Waals surface area contributed by atoms with Crippen molar-refractivity contribution in [3.8, 4) is 0 Å². The average Bonchev–Trinajstić information content (AvgIpc) is 1.66. The van der Waals surface area contributed by atoms with Crippen molar-refractivity contribution < 1.29 is 0 Å². The van der Waals surface area contributed by atoms with Crippen LogP contribution in [0.25, 0.3) is 5.32 Å². The summed E-state index contributed by atoms with van der Waals surface area (Å²) < 4.78 is 0. The summed E-state index contributed by atoms with van der Waals surface area (Å²) in [6, 6.07) is 0.594. The van der Waals surface area contributed by atoms with Crippen LogP contribution in [0.1, 0.15) is 13.8 Å². The molecule has 0 aliphatic rings. The lowest BCUT2D eigenvalue weighted by atomic mass is 10.4. The summed E-state index contributed by atoms with van der Waals surface area (Å²) >= 11 is 0. The topological polar surface area (TPSA) is 26.1 Å². The van der Waals surface area contributed by atoms with E-state index in [1.807, 2.05) is 7.05 Å². The maximum absolute atomic E-state index is 3.95. The zero-order valence-electron chi connectivity index (χ0n) is 5.94. The third-order valence-corrected chi connectivity index (χ3v) is 0.888. The fourth-order valence-electron chi connectivity index (χ4n) is 0.465. The van der Waals surface area contributed by atoms with Gasteiger partial charge < -0.3 is 10.6 Å². The molecule has 0 fully saturated rings. The summed E-state index contributed by atoms with van der Waals surface area (Å²) in [7, 11) is 1.84. The zero-order valence-corrected chi connectivity index (χ0v) is 5.94. The molecule has 2 nitrogen and oxygen atoms in total. The molecule has 0 saturated heterocycles. The van der Waals surface area contributed by atoms with Gasteiger partial charge in [0.15, 0.2) is 0 Å². The predicted octanol–water partition coefficient (Wildman–Crippen LogP) is 0.988. The number of hydrogen-bond donors (Lipinski definition) is 1. The lowest BCUT2D eigenvalue weighted by molar-refractivity contribution is 0.605. The number of likely N-dealkylation sites (N-methyl/N-ethyl adjacent to an activating group) is 1. The highest BCUT2D eigenvalue weighted by Crippen LogP contribution is 1.77. The van der Waals surface area contributed by atoms with Gasteiger partial charge in [-0.05, 0) is 6.54 Å².